The molecule has 1 aromatic carbocycles. The molecule has 0 atom stereocenters. The lowest BCUT2D eigenvalue weighted by Gasteiger charge is -2.04. The number of nitrogens with one attached hydrogen (secondary N) is 1. The van der Waals surface area contributed by atoms with Crippen LogP contribution in [0.2, 0.25) is 0 Å². The molecule has 0 aliphatic carbocycles. The molecule has 0 saturated carbocycles. The molecule has 0 spiro atoms. The van der Waals surface area contributed by atoms with Crippen molar-refractivity contribution in [3.63, 3.8) is 0 Å². The number of hydrogen-bond donors (Lipinski definition) is 1. The van der Waals surface area contributed by atoms with Crippen LogP contribution in [0.25, 0.3) is 6.08 Å². The predicted octanol–water partition coefficient (Wildman–Crippen LogP) is 3.08. The largest absolute Gasteiger partial charge is 0.454 e. The molecule has 5 heteroatoms. The van der Waals surface area contributed by atoms with Gasteiger partial charge in [0.1, 0.15) is 5.82 Å². The van der Waals surface area contributed by atoms with Crippen molar-refractivity contribution in [1.29, 1.82) is 0 Å². The van der Waals surface area contributed by atoms with E-state index in [0.717, 1.165) is 22.6 Å². The van der Waals surface area contributed by atoms with Gasteiger partial charge in [-0.15, -0.1) is 0 Å². The van der Waals surface area contributed by atoms with Gasteiger partial charge in [-0.3, -0.25) is 4.79 Å². The van der Waals surface area contributed by atoms with Gasteiger partial charge in [-0.25, -0.2) is 4.98 Å². The molecule has 5 nitrogen and oxygen atoms in total. The number of fused-ring (bicyclic) bond motifs is 1. The molecule has 2 aromatic rings. The van der Waals surface area contributed by atoms with E-state index in [1.165, 1.54) is 6.08 Å². The standard InChI is InChI=1S/C17H16N2O3/c1-11-7-12(2)18-16(8-11)19-17(20)6-4-13-3-5-14-15(9-13)22-10-21-14/h3-9H,10H2,1-2H3,(H,18,19,20). The Bertz CT molecular complexity index is 733. The highest BCUT2D eigenvalue weighted by Gasteiger charge is 2.12. The number of hydrogen-bond acceptors (Lipinski definition) is 4. The summed E-state index contributed by atoms with van der Waals surface area (Å²) < 4.78 is 10.5. The van der Waals surface area contributed by atoms with E-state index < -0.39 is 0 Å². The molecule has 1 aliphatic rings. The molecule has 1 N–H and O–H groups in total. The lowest BCUT2D eigenvalue weighted by Crippen LogP contribution is -2.09. The lowest BCUT2D eigenvalue weighted by molar-refractivity contribution is -0.111. The first-order valence-corrected chi connectivity index (χ1v) is 6.94. The van der Waals surface area contributed by atoms with E-state index >= 15 is 0 Å². The van der Waals surface area contributed by atoms with Crippen molar-refractivity contribution in [2.24, 2.45) is 0 Å². The number of ether oxygens (including phenoxy) is 2. The van der Waals surface area contributed by atoms with Crippen molar-refractivity contribution in [2.45, 2.75) is 13.8 Å². The summed E-state index contributed by atoms with van der Waals surface area (Å²) in [5, 5.41) is 2.75. The number of pyridine rings is 1. The quantitative estimate of drug-likeness (QED) is 0.884. The first-order chi connectivity index (χ1) is 10.6. The fourth-order valence-electron chi connectivity index (χ4n) is 2.26. The van der Waals surface area contributed by atoms with Gasteiger partial charge >= 0.3 is 0 Å². The third kappa shape index (κ3) is 3.25. The minimum atomic E-state index is -0.227. The Morgan fingerprint density at radius 2 is 2.00 bits per heavy atom. The van der Waals surface area contributed by atoms with Gasteiger partial charge in [0.25, 0.3) is 0 Å². The summed E-state index contributed by atoms with van der Waals surface area (Å²) >= 11 is 0. The van der Waals surface area contributed by atoms with Crippen molar-refractivity contribution in [2.75, 3.05) is 12.1 Å². The van der Waals surface area contributed by atoms with E-state index in [2.05, 4.69) is 10.3 Å². The molecule has 2 heterocycles. The smallest absolute Gasteiger partial charge is 0.249 e. The van der Waals surface area contributed by atoms with Crippen LogP contribution in [0.5, 0.6) is 11.5 Å². The molecule has 0 fully saturated rings. The average molecular weight is 296 g/mol. The van der Waals surface area contributed by atoms with E-state index in [4.69, 9.17) is 9.47 Å². The molecule has 0 unspecified atom stereocenters. The van der Waals surface area contributed by atoms with Gasteiger partial charge in [0.05, 0.1) is 0 Å². The minimum absolute atomic E-state index is 0.227. The zero-order valence-corrected chi connectivity index (χ0v) is 12.4. The van der Waals surface area contributed by atoms with Crippen molar-refractivity contribution in [3.05, 3.63) is 53.2 Å². The predicted molar refractivity (Wildman–Crippen MR) is 83.9 cm³/mol. The monoisotopic (exact) mass is 296 g/mol. The van der Waals surface area contributed by atoms with Gasteiger partial charge in [0, 0.05) is 11.8 Å². The average Bonchev–Trinajstić information content (AvgIpc) is 2.91. The summed E-state index contributed by atoms with van der Waals surface area (Å²) in [6, 6.07) is 9.32. The summed E-state index contributed by atoms with van der Waals surface area (Å²) in [6.45, 7) is 4.10. The lowest BCUT2D eigenvalue weighted by atomic mass is 10.2. The first-order valence-electron chi connectivity index (χ1n) is 6.94. The zero-order chi connectivity index (χ0) is 15.5. The number of carbonyl (C=O) groups excluding carboxylic acids is 1. The van der Waals surface area contributed by atoms with Crippen LogP contribution in [-0.4, -0.2) is 17.7 Å². The second-order valence-corrected chi connectivity index (χ2v) is 5.11. The van der Waals surface area contributed by atoms with Crippen LogP contribution < -0.4 is 14.8 Å². The van der Waals surface area contributed by atoms with E-state index in [1.54, 1.807) is 6.08 Å². The van der Waals surface area contributed by atoms with Gasteiger partial charge < -0.3 is 14.8 Å². The van der Waals surface area contributed by atoms with Gasteiger partial charge in [0.2, 0.25) is 12.7 Å². The molecule has 0 bridgehead atoms. The third-order valence-corrected chi connectivity index (χ3v) is 3.17. The van der Waals surface area contributed by atoms with Crippen LogP contribution in [0.15, 0.2) is 36.4 Å². The minimum Gasteiger partial charge on any atom is -0.454 e. The zero-order valence-electron chi connectivity index (χ0n) is 12.4. The summed E-state index contributed by atoms with van der Waals surface area (Å²) in [4.78, 5) is 16.2. The molecule has 1 aromatic heterocycles. The maximum absolute atomic E-state index is 11.9. The Balaban J connectivity index is 1.68. The third-order valence-electron chi connectivity index (χ3n) is 3.17. The summed E-state index contributed by atoms with van der Waals surface area (Å²) in [5.41, 5.74) is 2.80. The van der Waals surface area contributed by atoms with Gasteiger partial charge in [0.15, 0.2) is 11.5 Å². The molecular formula is C17H16N2O3. The van der Waals surface area contributed by atoms with Gasteiger partial charge in [-0.05, 0) is 55.3 Å². The Hall–Kier alpha value is -2.82. The maximum Gasteiger partial charge on any atom is 0.249 e. The molecule has 112 valence electrons. The van der Waals surface area contributed by atoms with Crippen LogP contribution in [0.1, 0.15) is 16.8 Å². The number of aromatic nitrogens is 1. The van der Waals surface area contributed by atoms with Crippen molar-refractivity contribution in [3.8, 4) is 11.5 Å². The van der Waals surface area contributed by atoms with Gasteiger partial charge in [-0.1, -0.05) is 6.07 Å². The summed E-state index contributed by atoms with van der Waals surface area (Å²) in [5.74, 6) is 1.74. The van der Waals surface area contributed by atoms with Crippen molar-refractivity contribution in [1.82, 2.24) is 4.98 Å². The molecule has 22 heavy (non-hydrogen) atoms. The van der Waals surface area contributed by atoms with Crippen molar-refractivity contribution >= 4 is 17.8 Å². The molecule has 3 rings (SSSR count). The fourth-order valence-corrected chi connectivity index (χ4v) is 2.26. The number of anilines is 1. The summed E-state index contributed by atoms with van der Waals surface area (Å²) in [7, 11) is 0. The van der Waals surface area contributed by atoms with Crippen LogP contribution in [-0.2, 0) is 4.79 Å². The Labute approximate surface area is 128 Å². The van der Waals surface area contributed by atoms with Crippen molar-refractivity contribution < 1.29 is 14.3 Å². The van der Waals surface area contributed by atoms with E-state index in [-0.39, 0.29) is 12.7 Å². The number of rotatable bonds is 3. The molecule has 1 aliphatic heterocycles. The number of aryl methyl sites for hydroxylation is 2. The fraction of sp³-hybridized carbons (Fsp3) is 0.176. The maximum atomic E-state index is 11.9. The van der Waals surface area contributed by atoms with Gasteiger partial charge in [-0.2, -0.15) is 0 Å². The molecule has 0 saturated heterocycles. The Kier molecular flexibility index (Phi) is 3.78. The number of carbonyl (C=O) groups is 1. The summed E-state index contributed by atoms with van der Waals surface area (Å²) in [6.07, 6.45) is 3.19. The topological polar surface area (TPSA) is 60.5 Å². The SMILES string of the molecule is Cc1cc(C)nc(NC(=O)C=Cc2ccc3c(c2)OCO3)c1. The van der Waals surface area contributed by atoms with Crippen LogP contribution in [0.3, 0.4) is 0 Å². The number of amides is 1. The Morgan fingerprint density at radius 3 is 2.82 bits per heavy atom. The first kappa shape index (κ1) is 14.1. The van der Waals surface area contributed by atoms with E-state index in [1.807, 2.05) is 44.2 Å². The normalized spacial score (nSPS) is 12.6. The second-order valence-electron chi connectivity index (χ2n) is 5.11. The highest BCUT2D eigenvalue weighted by Crippen LogP contribution is 2.32. The van der Waals surface area contributed by atoms with Crippen LogP contribution >= 0.6 is 0 Å². The molecule has 1 amide bonds. The van der Waals surface area contributed by atoms with E-state index in [0.29, 0.717) is 11.6 Å². The Morgan fingerprint density at radius 1 is 1.18 bits per heavy atom. The number of nitrogens with zero attached hydrogens (tertiary/aromatic N) is 1. The highest BCUT2D eigenvalue weighted by atomic mass is 16.7. The highest BCUT2D eigenvalue weighted by molar-refractivity contribution is 6.01. The number of benzene rings is 1. The van der Waals surface area contributed by atoms with E-state index in [9.17, 15) is 4.79 Å². The van der Waals surface area contributed by atoms with Crippen LogP contribution in [0.4, 0.5) is 5.82 Å². The second kappa shape index (κ2) is 5.89. The van der Waals surface area contributed by atoms with Crippen LogP contribution in [0, 0.1) is 13.8 Å². The molecule has 0 radical (unpaired) electrons. The molecular weight excluding hydrogens is 280 g/mol.